The molecule has 0 spiro atoms. The van der Waals surface area contributed by atoms with E-state index in [1.54, 1.807) is 0 Å². The van der Waals surface area contributed by atoms with Gasteiger partial charge in [0, 0.05) is 18.1 Å². The predicted octanol–water partition coefficient (Wildman–Crippen LogP) is 2.75. The molecule has 1 rings (SSSR count). The van der Waals surface area contributed by atoms with Gasteiger partial charge in [-0.1, -0.05) is 12.2 Å². The van der Waals surface area contributed by atoms with Crippen LogP contribution < -0.4 is 4.74 Å². The molecular weight excluding hydrogens is 232 g/mol. The summed E-state index contributed by atoms with van der Waals surface area (Å²) >= 11 is 0. The third-order valence-corrected chi connectivity index (χ3v) is 2.54. The first-order chi connectivity index (χ1) is 8.63. The summed E-state index contributed by atoms with van der Waals surface area (Å²) in [5.74, 6) is -0.0735. The maximum absolute atomic E-state index is 12.0. The second-order valence-electron chi connectivity index (χ2n) is 3.76. The third kappa shape index (κ3) is 3.20. The molecule has 0 aliphatic carbocycles. The number of hydrogen-bond donors (Lipinski definition) is 1. The lowest BCUT2D eigenvalue weighted by atomic mass is 10.00. The van der Waals surface area contributed by atoms with Crippen LogP contribution in [-0.4, -0.2) is 24.3 Å². The van der Waals surface area contributed by atoms with Crippen LogP contribution in [0, 0.1) is 0 Å². The first-order valence-corrected chi connectivity index (χ1v) is 5.64. The average molecular weight is 248 g/mol. The number of carbonyl (C=O) groups is 2. The molecule has 96 valence electrons. The van der Waals surface area contributed by atoms with Crippen LogP contribution in [0.15, 0.2) is 24.3 Å². The number of hydrogen-bond acceptors (Lipinski definition) is 4. The zero-order valence-electron chi connectivity index (χ0n) is 10.5. The van der Waals surface area contributed by atoms with Crippen molar-refractivity contribution in [1.29, 1.82) is 0 Å². The lowest BCUT2D eigenvalue weighted by Gasteiger charge is -2.09. The Morgan fingerprint density at radius 3 is 2.72 bits per heavy atom. The molecule has 0 unspecified atom stereocenters. The van der Waals surface area contributed by atoms with Gasteiger partial charge in [-0.15, -0.1) is 0 Å². The summed E-state index contributed by atoms with van der Waals surface area (Å²) in [6.45, 7) is 1.87. The Kier molecular flexibility index (Phi) is 5.11. The highest BCUT2D eigenvalue weighted by atomic mass is 16.5. The molecular formula is C14H16O4. The van der Waals surface area contributed by atoms with Crippen molar-refractivity contribution in [3.8, 4) is 11.5 Å². The first kappa shape index (κ1) is 14.0. The number of ether oxygens (including phenoxy) is 1. The minimum absolute atomic E-state index is 0.0909. The van der Waals surface area contributed by atoms with E-state index in [-0.39, 0.29) is 34.8 Å². The number of phenolic OH excluding ortho intramolecular Hbond substituents is 1. The summed E-state index contributed by atoms with van der Waals surface area (Å²) in [5, 5.41) is 9.50. The average Bonchev–Trinajstić information content (AvgIpc) is 2.37. The maximum atomic E-state index is 12.0. The fourth-order valence-electron chi connectivity index (χ4n) is 1.65. The summed E-state index contributed by atoms with van der Waals surface area (Å²) in [7, 11) is 1.38. The highest BCUT2D eigenvalue weighted by Crippen LogP contribution is 2.27. The number of ketones is 1. The van der Waals surface area contributed by atoms with Gasteiger partial charge in [-0.05, 0) is 19.4 Å². The van der Waals surface area contributed by atoms with Crippen molar-refractivity contribution in [2.24, 2.45) is 0 Å². The molecule has 0 aliphatic heterocycles. The number of phenols is 1. The van der Waals surface area contributed by atoms with Gasteiger partial charge in [-0.3, -0.25) is 9.59 Å². The molecule has 4 heteroatoms. The lowest BCUT2D eigenvalue weighted by molar-refractivity contribution is 0.0976. The Labute approximate surface area is 106 Å². The summed E-state index contributed by atoms with van der Waals surface area (Å²) < 4.78 is 4.98. The summed E-state index contributed by atoms with van der Waals surface area (Å²) in [4.78, 5) is 23.0. The fourth-order valence-corrected chi connectivity index (χ4v) is 1.65. The molecule has 0 saturated carbocycles. The molecule has 18 heavy (non-hydrogen) atoms. The van der Waals surface area contributed by atoms with E-state index in [9.17, 15) is 14.7 Å². The van der Waals surface area contributed by atoms with Gasteiger partial charge < -0.3 is 9.84 Å². The van der Waals surface area contributed by atoms with E-state index in [1.807, 2.05) is 19.1 Å². The van der Waals surface area contributed by atoms with Crippen LogP contribution in [0.4, 0.5) is 0 Å². The Morgan fingerprint density at radius 2 is 2.17 bits per heavy atom. The van der Waals surface area contributed by atoms with E-state index >= 15 is 0 Å². The molecule has 0 amide bonds. The van der Waals surface area contributed by atoms with Crippen LogP contribution in [0.1, 0.15) is 40.5 Å². The molecule has 1 N–H and O–H groups in total. The van der Waals surface area contributed by atoms with Crippen LogP contribution in [0.3, 0.4) is 0 Å². The van der Waals surface area contributed by atoms with E-state index in [0.717, 1.165) is 0 Å². The summed E-state index contributed by atoms with van der Waals surface area (Å²) in [6, 6.07) is 2.61. The van der Waals surface area contributed by atoms with E-state index in [0.29, 0.717) is 12.7 Å². The zero-order valence-corrected chi connectivity index (χ0v) is 10.5. The second-order valence-corrected chi connectivity index (χ2v) is 3.76. The predicted molar refractivity (Wildman–Crippen MR) is 68.4 cm³/mol. The molecule has 0 radical (unpaired) electrons. The van der Waals surface area contributed by atoms with Crippen LogP contribution in [-0.2, 0) is 0 Å². The Bertz CT molecular complexity index is 475. The van der Waals surface area contributed by atoms with Crippen molar-refractivity contribution in [3.63, 3.8) is 0 Å². The summed E-state index contributed by atoms with van der Waals surface area (Å²) in [5.41, 5.74) is 0.382. The molecule has 0 bridgehead atoms. The zero-order chi connectivity index (χ0) is 13.5. The molecule has 0 saturated heterocycles. The van der Waals surface area contributed by atoms with Crippen molar-refractivity contribution in [3.05, 3.63) is 35.4 Å². The van der Waals surface area contributed by atoms with Crippen molar-refractivity contribution in [1.82, 2.24) is 0 Å². The van der Waals surface area contributed by atoms with Crippen molar-refractivity contribution < 1.29 is 19.4 Å². The van der Waals surface area contributed by atoms with Crippen LogP contribution in [0.2, 0.25) is 0 Å². The van der Waals surface area contributed by atoms with Crippen molar-refractivity contribution in [2.75, 3.05) is 7.11 Å². The smallest absolute Gasteiger partial charge is 0.164 e. The molecule has 4 nitrogen and oxygen atoms in total. The number of carbonyl (C=O) groups excluding carboxylic acids is 2. The Morgan fingerprint density at radius 1 is 1.44 bits per heavy atom. The Hall–Kier alpha value is -2.10. The number of aromatic hydroxyl groups is 1. The number of methoxy groups -OCH3 is 1. The summed E-state index contributed by atoms with van der Waals surface area (Å²) in [6.07, 6.45) is 5.19. The number of benzene rings is 1. The third-order valence-electron chi connectivity index (χ3n) is 2.54. The van der Waals surface area contributed by atoms with Gasteiger partial charge in [0.05, 0.1) is 12.7 Å². The quantitative estimate of drug-likeness (QED) is 0.477. The fraction of sp³-hybridized carbons (Fsp3) is 0.286. The van der Waals surface area contributed by atoms with Gasteiger partial charge in [0.2, 0.25) is 0 Å². The van der Waals surface area contributed by atoms with E-state index in [1.165, 1.54) is 19.2 Å². The van der Waals surface area contributed by atoms with Gasteiger partial charge >= 0.3 is 0 Å². The van der Waals surface area contributed by atoms with E-state index in [2.05, 4.69) is 0 Å². The second kappa shape index (κ2) is 6.59. The highest BCUT2D eigenvalue weighted by Gasteiger charge is 2.16. The largest absolute Gasteiger partial charge is 0.508 e. The molecule has 0 heterocycles. The van der Waals surface area contributed by atoms with Gasteiger partial charge in [0.25, 0.3) is 0 Å². The normalized spacial score (nSPS) is 10.6. The van der Waals surface area contributed by atoms with Gasteiger partial charge in [0.15, 0.2) is 12.1 Å². The van der Waals surface area contributed by atoms with Gasteiger partial charge in [-0.2, -0.15) is 0 Å². The first-order valence-electron chi connectivity index (χ1n) is 5.64. The molecule has 0 atom stereocenters. The number of rotatable bonds is 6. The van der Waals surface area contributed by atoms with E-state index in [4.69, 9.17) is 4.74 Å². The van der Waals surface area contributed by atoms with Crippen LogP contribution in [0.5, 0.6) is 11.5 Å². The van der Waals surface area contributed by atoms with Crippen LogP contribution in [0.25, 0.3) is 0 Å². The molecule has 0 fully saturated rings. The minimum atomic E-state index is -0.190. The van der Waals surface area contributed by atoms with Gasteiger partial charge in [0.1, 0.15) is 11.5 Å². The number of aldehydes is 1. The monoisotopic (exact) mass is 248 g/mol. The van der Waals surface area contributed by atoms with E-state index < -0.39 is 0 Å². The highest BCUT2D eigenvalue weighted by molar-refractivity contribution is 6.04. The topological polar surface area (TPSA) is 63.6 Å². The van der Waals surface area contributed by atoms with Gasteiger partial charge in [-0.25, -0.2) is 0 Å². The molecule has 1 aromatic carbocycles. The Balaban J connectivity index is 3.09. The SMILES string of the molecule is CC=CCCC(=O)c1cc(O)cc(OC)c1C=O. The van der Waals surface area contributed by atoms with Crippen LogP contribution >= 0.6 is 0 Å². The molecule has 0 aromatic heterocycles. The maximum Gasteiger partial charge on any atom is 0.164 e. The number of allylic oxidation sites excluding steroid dienone is 2. The van der Waals surface area contributed by atoms with Crippen molar-refractivity contribution >= 4 is 12.1 Å². The lowest BCUT2D eigenvalue weighted by Crippen LogP contribution is -2.05. The molecule has 1 aromatic rings. The van der Waals surface area contributed by atoms with Crippen molar-refractivity contribution in [2.45, 2.75) is 19.8 Å². The number of Topliss-reactive ketones (excluding diaryl/α,β-unsaturated/α-hetero) is 1. The standard InChI is InChI=1S/C14H16O4/c1-3-4-5-6-13(17)11-7-10(16)8-14(18-2)12(11)9-15/h3-4,7-9,16H,5-6H2,1-2H3. The molecule has 0 aliphatic rings. The minimum Gasteiger partial charge on any atom is -0.508 e.